The molecule has 0 radical (unpaired) electrons. The lowest BCUT2D eigenvalue weighted by Crippen LogP contribution is -2.15. The predicted octanol–water partition coefficient (Wildman–Crippen LogP) is 1.64. The van der Waals surface area contributed by atoms with E-state index >= 15 is 0 Å². The number of nitrogens with two attached hydrogens (primary N) is 1. The number of ether oxygens (including phenoxy) is 1. The lowest BCUT2D eigenvalue weighted by atomic mass is 10.0. The van der Waals surface area contributed by atoms with E-state index in [1.165, 1.54) is 0 Å². The van der Waals surface area contributed by atoms with Crippen molar-refractivity contribution < 1.29 is 4.74 Å². The van der Waals surface area contributed by atoms with Gasteiger partial charge in [0.25, 0.3) is 0 Å². The van der Waals surface area contributed by atoms with Crippen LogP contribution in [0.3, 0.4) is 0 Å². The smallest absolute Gasteiger partial charge is 0.124 e. The van der Waals surface area contributed by atoms with E-state index < -0.39 is 0 Å². The highest BCUT2D eigenvalue weighted by Crippen LogP contribution is 2.34. The highest BCUT2D eigenvalue weighted by atomic mass is 16.5. The molecular formula is C11H15N3O. The molecule has 0 aromatic heterocycles. The van der Waals surface area contributed by atoms with Gasteiger partial charge >= 0.3 is 0 Å². The molecule has 1 heterocycles. The van der Waals surface area contributed by atoms with Crippen LogP contribution in [-0.2, 0) is 0 Å². The second-order valence-electron chi connectivity index (χ2n) is 3.62. The maximum atomic E-state index is 5.78. The van der Waals surface area contributed by atoms with Crippen LogP contribution < -0.4 is 10.5 Å². The van der Waals surface area contributed by atoms with Crippen molar-refractivity contribution in [1.29, 1.82) is 0 Å². The average molecular weight is 205 g/mol. The first-order chi connectivity index (χ1) is 7.22. The molecule has 2 rings (SSSR count). The summed E-state index contributed by atoms with van der Waals surface area (Å²) in [6, 6.07) is 5.94. The Labute approximate surface area is 89.3 Å². The van der Waals surface area contributed by atoms with E-state index in [0.717, 1.165) is 23.4 Å². The molecule has 0 aliphatic carbocycles. The van der Waals surface area contributed by atoms with Crippen molar-refractivity contribution >= 4 is 11.9 Å². The number of hydrogen-bond acceptors (Lipinski definition) is 4. The van der Waals surface area contributed by atoms with Gasteiger partial charge in [-0.1, -0.05) is 0 Å². The van der Waals surface area contributed by atoms with Gasteiger partial charge in [0, 0.05) is 30.9 Å². The lowest BCUT2D eigenvalue weighted by Gasteiger charge is -2.21. The van der Waals surface area contributed by atoms with E-state index in [1.807, 2.05) is 36.5 Å². The molecule has 80 valence electrons. The van der Waals surface area contributed by atoms with Crippen LogP contribution in [0.25, 0.3) is 0 Å². The number of benzene rings is 1. The van der Waals surface area contributed by atoms with Crippen molar-refractivity contribution in [2.45, 2.75) is 12.5 Å². The Kier molecular flexibility index (Phi) is 2.49. The summed E-state index contributed by atoms with van der Waals surface area (Å²) in [5, 5.41) is 6.14. The molecule has 2 N–H and O–H groups in total. The molecule has 0 fully saturated rings. The lowest BCUT2D eigenvalue weighted by molar-refractivity contribution is 0.281. The third-order valence-electron chi connectivity index (χ3n) is 2.66. The van der Waals surface area contributed by atoms with Gasteiger partial charge in [-0.05, 0) is 18.2 Å². The molecule has 1 aliphatic heterocycles. The van der Waals surface area contributed by atoms with E-state index in [4.69, 9.17) is 10.5 Å². The van der Waals surface area contributed by atoms with Crippen molar-refractivity contribution in [3.8, 4) is 5.75 Å². The summed E-state index contributed by atoms with van der Waals surface area (Å²) in [5.41, 5.74) is 7.63. The van der Waals surface area contributed by atoms with Crippen LogP contribution in [0, 0.1) is 0 Å². The highest BCUT2D eigenvalue weighted by molar-refractivity contribution is 5.62. The number of hydrogen-bond donors (Lipinski definition) is 1. The summed E-state index contributed by atoms with van der Waals surface area (Å²) in [7, 11) is 3.63. The monoisotopic (exact) mass is 205 g/mol. The third-order valence-corrected chi connectivity index (χ3v) is 2.66. The highest BCUT2D eigenvalue weighted by Gasteiger charge is 2.22. The van der Waals surface area contributed by atoms with Gasteiger partial charge in [-0.15, -0.1) is 0 Å². The normalized spacial score (nSPS) is 19.6. The minimum absolute atomic E-state index is 0.239. The minimum atomic E-state index is 0.239. The van der Waals surface area contributed by atoms with E-state index in [-0.39, 0.29) is 6.04 Å². The molecule has 15 heavy (non-hydrogen) atoms. The number of nitrogen functional groups attached to an aromatic ring is 1. The van der Waals surface area contributed by atoms with Gasteiger partial charge < -0.3 is 10.5 Å². The van der Waals surface area contributed by atoms with Crippen LogP contribution in [0.2, 0.25) is 0 Å². The first-order valence-electron chi connectivity index (χ1n) is 4.91. The fraction of sp³-hybridized carbons (Fsp3) is 0.364. The Bertz CT molecular complexity index is 389. The summed E-state index contributed by atoms with van der Waals surface area (Å²) in [4.78, 5) is 0. The molecule has 0 bridgehead atoms. The second-order valence-corrected chi connectivity index (χ2v) is 3.62. The zero-order valence-corrected chi connectivity index (χ0v) is 8.97. The van der Waals surface area contributed by atoms with Gasteiger partial charge in [-0.3, -0.25) is 5.01 Å². The van der Waals surface area contributed by atoms with Crippen LogP contribution in [0.5, 0.6) is 5.75 Å². The molecule has 0 saturated carbocycles. The number of rotatable bonds is 2. The standard InChI is InChI=1S/C11H15N3O/c1-14-10(5-6-13-14)9-7-8(12)3-4-11(9)15-2/h3-4,6-7,10H,5,12H2,1-2H3. The fourth-order valence-electron chi connectivity index (χ4n) is 1.85. The van der Waals surface area contributed by atoms with Gasteiger partial charge in [0.1, 0.15) is 5.75 Å². The van der Waals surface area contributed by atoms with Crippen molar-refractivity contribution in [2.24, 2.45) is 5.10 Å². The van der Waals surface area contributed by atoms with Gasteiger partial charge in [0.2, 0.25) is 0 Å². The van der Waals surface area contributed by atoms with Crippen molar-refractivity contribution in [1.82, 2.24) is 5.01 Å². The zero-order valence-electron chi connectivity index (χ0n) is 8.97. The first-order valence-corrected chi connectivity index (χ1v) is 4.91. The third kappa shape index (κ3) is 1.75. The number of nitrogens with zero attached hydrogens (tertiary/aromatic N) is 2. The van der Waals surface area contributed by atoms with Gasteiger partial charge in [-0.25, -0.2) is 0 Å². The largest absolute Gasteiger partial charge is 0.496 e. The Balaban J connectivity index is 2.37. The molecule has 4 heteroatoms. The Morgan fingerprint density at radius 3 is 2.93 bits per heavy atom. The molecule has 0 saturated heterocycles. The van der Waals surface area contributed by atoms with Crippen LogP contribution in [0.15, 0.2) is 23.3 Å². The van der Waals surface area contributed by atoms with Crippen LogP contribution >= 0.6 is 0 Å². The van der Waals surface area contributed by atoms with Gasteiger partial charge in [0.05, 0.1) is 13.2 Å². The second kappa shape index (κ2) is 3.81. The molecule has 4 nitrogen and oxygen atoms in total. The summed E-state index contributed by atoms with van der Waals surface area (Å²) in [6.45, 7) is 0. The van der Waals surface area contributed by atoms with Crippen LogP contribution in [0.1, 0.15) is 18.0 Å². The van der Waals surface area contributed by atoms with Gasteiger partial charge in [0.15, 0.2) is 0 Å². The first kappa shape index (κ1) is 9.83. The maximum absolute atomic E-state index is 5.78. The summed E-state index contributed by atoms with van der Waals surface area (Å²) >= 11 is 0. The predicted molar refractivity (Wildman–Crippen MR) is 61.0 cm³/mol. The topological polar surface area (TPSA) is 50.9 Å². The van der Waals surface area contributed by atoms with Crippen LogP contribution in [-0.4, -0.2) is 25.4 Å². The number of methoxy groups -OCH3 is 1. The molecule has 0 spiro atoms. The fourth-order valence-corrected chi connectivity index (χ4v) is 1.85. The Morgan fingerprint density at radius 2 is 2.33 bits per heavy atom. The molecule has 1 aromatic carbocycles. The van der Waals surface area contributed by atoms with Crippen molar-refractivity contribution in [3.05, 3.63) is 23.8 Å². The summed E-state index contributed by atoms with van der Waals surface area (Å²) in [5.74, 6) is 0.867. The minimum Gasteiger partial charge on any atom is -0.496 e. The number of anilines is 1. The SMILES string of the molecule is COc1ccc(N)cc1C1CC=NN1C. The van der Waals surface area contributed by atoms with E-state index in [9.17, 15) is 0 Å². The van der Waals surface area contributed by atoms with E-state index in [2.05, 4.69) is 5.10 Å². The van der Waals surface area contributed by atoms with E-state index in [0.29, 0.717) is 0 Å². The van der Waals surface area contributed by atoms with Crippen molar-refractivity contribution in [2.75, 3.05) is 19.9 Å². The maximum Gasteiger partial charge on any atom is 0.124 e. The quantitative estimate of drug-likeness (QED) is 0.747. The summed E-state index contributed by atoms with van der Waals surface area (Å²) in [6.07, 6.45) is 2.81. The van der Waals surface area contributed by atoms with Crippen molar-refractivity contribution in [3.63, 3.8) is 0 Å². The Hall–Kier alpha value is -1.71. The summed E-state index contributed by atoms with van der Waals surface area (Å²) < 4.78 is 5.32. The molecular weight excluding hydrogens is 190 g/mol. The molecule has 1 aromatic rings. The van der Waals surface area contributed by atoms with Crippen LogP contribution in [0.4, 0.5) is 5.69 Å². The molecule has 0 amide bonds. The molecule has 1 atom stereocenters. The Morgan fingerprint density at radius 1 is 1.53 bits per heavy atom. The molecule has 1 aliphatic rings. The zero-order chi connectivity index (χ0) is 10.8. The number of hydrazone groups is 1. The molecule has 1 unspecified atom stereocenters. The average Bonchev–Trinajstić information content (AvgIpc) is 2.64. The van der Waals surface area contributed by atoms with Gasteiger partial charge in [-0.2, -0.15) is 5.10 Å². The van der Waals surface area contributed by atoms with E-state index in [1.54, 1.807) is 7.11 Å².